The first-order valence-corrected chi connectivity index (χ1v) is 4.76. The van der Waals surface area contributed by atoms with Gasteiger partial charge in [0.2, 0.25) is 0 Å². The van der Waals surface area contributed by atoms with Crippen molar-refractivity contribution in [2.45, 2.75) is 18.9 Å². The average molecular weight is 215 g/mol. The van der Waals surface area contributed by atoms with E-state index in [1.807, 2.05) is 12.1 Å². The first kappa shape index (κ1) is 11.9. The molecule has 15 heavy (non-hydrogen) atoms. The molecule has 1 N–H and O–H groups in total. The van der Waals surface area contributed by atoms with E-state index in [-0.39, 0.29) is 6.42 Å². The van der Waals surface area contributed by atoms with Crippen LogP contribution in [0.15, 0.2) is 24.3 Å². The van der Waals surface area contributed by atoms with E-state index in [0.717, 1.165) is 5.56 Å². The second-order valence-electron chi connectivity index (χ2n) is 3.25. The SMILES string of the molecule is CNC(Cc1ccccc1OC)C(F)F. The zero-order valence-electron chi connectivity index (χ0n) is 8.84. The summed E-state index contributed by atoms with van der Waals surface area (Å²) in [5.41, 5.74) is 0.791. The Bertz CT molecular complexity index is 304. The average Bonchev–Trinajstić information content (AvgIpc) is 2.25. The summed E-state index contributed by atoms with van der Waals surface area (Å²) in [5, 5.41) is 2.60. The van der Waals surface area contributed by atoms with Gasteiger partial charge >= 0.3 is 0 Å². The largest absolute Gasteiger partial charge is 0.496 e. The maximum Gasteiger partial charge on any atom is 0.254 e. The number of likely N-dealkylation sites (N-methyl/N-ethyl adjacent to an activating group) is 1. The van der Waals surface area contributed by atoms with Crippen molar-refractivity contribution in [2.24, 2.45) is 0 Å². The molecule has 0 bridgehead atoms. The molecule has 0 amide bonds. The third kappa shape index (κ3) is 3.16. The summed E-state index contributed by atoms with van der Waals surface area (Å²) < 4.78 is 30.1. The van der Waals surface area contributed by atoms with Gasteiger partial charge in [-0.15, -0.1) is 0 Å². The van der Waals surface area contributed by atoms with E-state index in [1.165, 1.54) is 14.2 Å². The van der Waals surface area contributed by atoms with Crippen LogP contribution in [0.1, 0.15) is 5.56 Å². The van der Waals surface area contributed by atoms with Crippen LogP contribution in [0.4, 0.5) is 8.78 Å². The summed E-state index contributed by atoms with van der Waals surface area (Å²) in [6.45, 7) is 0. The van der Waals surface area contributed by atoms with E-state index in [0.29, 0.717) is 5.75 Å². The molecular weight excluding hydrogens is 200 g/mol. The Labute approximate surface area is 88.3 Å². The van der Waals surface area contributed by atoms with Gasteiger partial charge in [-0.1, -0.05) is 18.2 Å². The number of benzene rings is 1. The van der Waals surface area contributed by atoms with Crippen LogP contribution in [-0.4, -0.2) is 26.6 Å². The van der Waals surface area contributed by atoms with Crippen LogP contribution in [-0.2, 0) is 6.42 Å². The lowest BCUT2D eigenvalue weighted by Crippen LogP contribution is -2.34. The van der Waals surface area contributed by atoms with Crippen LogP contribution < -0.4 is 10.1 Å². The van der Waals surface area contributed by atoms with E-state index >= 15 is 0 Å². The molecule has 1 aromatic rings. The number of para-hydroxylation sites is 1. The second kappa shape index (κ2) is 5.66. The zero-order valence-corrected chi connectivity index (χ0v) is 8.84. The lowest BCUT2D eigenvalue weighted by Gasteiger charge is -2.16. The minimum absolute atomic E-state index is 0.262. The Morgan fingerprint density at radius 1 is 1.33 bits per heavy atom. The molecule has 84 valence electrons. The molecule has 1 atom stereocenters. The van der Waals surface area contributed by atoms with Crippen LogP contribution in [0.5, 0.6) is 5.75 Å². The van der Waals surface area contributed by atoms with Gasteiger partial charge in [0.1, 0.15) is 5.75 Å². The fourth-order valence-electron chi connectivity index (χ4n) is 1.43. The summed E-state index contributed by atoms with van der Waals surface area (Å²) in [4.78, 5) is 0. The smallest absolute Gasteiger partial charge is 0.254 e. The standard InChI is InChI=1S/C11H15F2NO/c1-14-9(11(12)13)7-8-5-3-4-6-10(8)15-2/h3-6,9,11,14H,7H2,1-2H3. The predicted molar refractivity (Wildman–Crippen MR) is 55.5 cm³/mol. The van der Waals surface area contributed by atoms with E-state index in [2.05, 4.69) is 5.32 Å². The number of ether oxygens (including phenoxy) is 1. The Balaban J connectivity index is 2.78. The van der Waals surface area contributed by atoms with Gasteiger partial charge in [0.25, 0.3) is 6.43 Å². The molecule has 0 saturated carbocycles. The van der Waals surface area contributed by atoms with Crippen molar-refractivity contribution in [3.63, 3.8) is 0 Å². The molecule has 2 nitrogen and oxygen atoms in total. The number of rotatable bonds is 5. The first-order chi connectivity index (χ1) is 7.19. The van der Waals surface area contributed by atoms with Crippen LogP contribution >= 0.6 is 0 Å². The number of hydrogen-bond acceptors (Lipinski definition) is 2. The number of alkyl halides is 2. The molecule has 1 rings (SSSR count). The van der Waals surface area contributed by atoms with Crippen LogP contribution in [0.2, 0.25) is 0 Å². The lowest BCUT2D eigenvalue weighted by atomic mass is 10.1. The number of halogens is 2. The highest BCUT2D eigenvalue weighted by Gasteiger charge is 2.19. The molecule has 1 aromatic carbocycles. The number of nitrogens with one attached hydrogen (secondary N) is 1. The van der Waals surface area contributed by atoms with E-state index < -0.39 is 12.5 Å². The topological polar surface area (TPSA) is 21.3 Å². The van der Waals surface area contributed by atoms with E-state index in [9.17, 15) is 8.78 Å². The Morgan fingerprint density at radius 3 is 2.53 bits per heavy atom. The van der Waals surface area contributed by atoms with Gasteiger partial charge in [0, 0.05) is 0 Å². The van der Waals surface area contributed by atoms with Crippen LogP contribution in [0, 0.1) is 0 Å². The molecule has 0 heterocycles. The van der Waals surface area contributed by atoms with E-state index in [4.69, 9.17) is 4.74 Å². The van der Waals surface area contributed by atoms with Crippen LogP contribution in [0.25, 0.3) is 0 Å². The maximum absolute atomic E-state index is 12.5. The van der Waals surface area contributed by atoms with Gasteiger partial charge in [0.05, 0.1) is 13.2 Å². The molecule has 0 aliphatic rings. The molecule has 0 fully saturated rings. The monoisotopic (exact) mass is 215 g/mol. The lowest BCUT2D eigenvalue weighted by molar-refractivity contribution is 0.102. The molecule has 0 spiro atoms. The predicted octanol–water partition coefficient (Wildman–Crippen LogP) is 2.09. The van der Waals surface area contributed by atoms with Gasteiger partial charge in [-0.25, -0.2) is 8.78 Å². The highest BCUT2D eigenvalue weighted by molar-refractivity contribution is 5.33. The van der Waals surface area contributed by atoms with E-state index in [1.54, 1.807) is 12.1 Å². The molecule has 0 saturated heterocycles. The normalized spacial score (nSPS) is 12.9. The van der Waals surface area contributed by atoms with Crippen molar-refractivity contribution < 1.29 is 13.5 Å². The Kier molecular flexibility index (Phi) is 4.49. The zero-order chi connectivity index (χ0) is 11.3. The molecule has 0 aliphatic carbocycles. The number of methoxy groups -OCH3 is 1. The van der Waals surface area contributed by atoms with Crippen molar-refractivity contribution in [3.05, 3.63) is 29.8 Å². The van der Waals surface area contributed by atoms with Crippen molar-refractivity contribution in [1.29, 1.82) is 0 Å². The summed E-state index contributed by atoms with van der Waals surface area (Å²) in [6.07, 6.45) is -2.11. The number of hydrogen-bond donors (Lipinski definition) is 1. The molecule has 0 radical (unpaired) electrons. The van der Waals surface area contributed by atoms with Gasteiger partial charge in [0.15, 0.2) is 0 Å². The highest BCUT2D eigenvalue weighted by Crippen LogP contribution is 2.20. The Morgan fingerprint density at radius 2 is 2.00 bits per heavy atom. The minimum Gasteiger partial charge on any atom is -0.496 e. The van der Waals surface area contributed by atoms with Gasteiger partial charge in [-0.2, -0.15) is 0 Å². The minimum atomic E-state index is -2.38. The van der Waals surface area contributed by atoms with Crippen molar-refractivity contribution in [3.8, 4) is 5.75 Å². The quantitative estimate of drug-likeness (QED) is 0.812. The van der Waals surface area contributed by atoms with Gasteiger partial charge in [-0.3, -0.25) is 0 Å². The summed E-state index contributed by atoms with van der Waals surface area (Å²) >= 11 is 0. The summed E-state index contributed by atoms with van der Waals surface area (Å²) in [6, 6.07) is 6.37. The van der Waals surface area contributed by atoms with Gasteiger partial charge < -0.3 is 10.1 Å². The molecular formula is C11H15F2NO. The van der Waals surface area contributed by atoms with Crippen molar-refractivity contribution in [1.82, 2.24) is 5.32 Å². The molecule has 0 aromatic heterocycles. The molecule has 1 unspecified atom stereocenters. The Hall–Kier alpha value is -1.16. The third-order valence-corrected chi connectivity index (χ3v) is 2.31. The maximum atomic E-state index is 12.5. The fraction of sp³-hybridized carbons (Fsp3) is 0.455. The second-order valence-corrected chi connectivity index (χ2v) is 3.25. The fourth-order valence-corrected chi connectivity index (χ4v) is 1.43. The summed E-state index contributed by atoms with van der Waals surface area (Å²) in [5.74, 6) is 0.651. The first-order valence-electron chi connectivity index (χ1n) is 4.76. The molecule has 4 heteroatoms. The third-order valence-electron chi connectivity index (χ3n) is 2.31. The van der Waals surface area contributed by atoms with Gasteiger partial charge in [-0.05, 0) is 25.1 Å². The summed E-state index contributed by atoms with van der Waals surface area (Å²) in [7, 11) is 3.07. The van der Waals surface area contributed by atoms with Crippen molar-refractivity contribution >= 4 is 0 Å². The molecule has 0 aliphatic heterocycles. The van der Waals surface area contributed by atoms with Crippen LogP contribution in [0.3, 0.4) is 0 Å². The van der Waals surface area contributed by atoms with Crippen molar-refractivity contribution in [2.75, 3.05) is 14.2 Å². The highest BCUT2D eigenvalue weighted by atomic mass is 19.3.